The van der Waals surface area contributed by atoms with Crippen LogP contribution in [0.3, 0.4) is 0 Å². The molecule has 164 valence electrons. The van der Waals surface area contributed by atoms with Crippen molar-refractivity contribution in [2.75, 3.05) is 11.1 Å². The quantitative estimate of drug-likeness (QED) is 0.524. The fourth-order valence-corrected chi connectivity index (χ4v) is 3.80. The number of hydrogen-bond donors (Lipinski definition) is 1. The summed E-state index contributed by atoms with van der Waals surface area (Å²) >= 11 is 1.35. The van der Waals surface area contributed by atoms with E-state index in [1.807, 2.05) is 55.8 Å². The maximum atomic E-state index is 12.3. The van der Waals surface area contributed by atoms with Crippen molar-refractivity contribution in [3.05, 3.63) is 65.0 Å². The first-order valence-corrected chi connectivity index (χ1v) is 11.2. The van der Waals surface area contributed by atoms with E-state index in [-0.39, 0.29) is 17.1 Å². The molecule has 0 saturated heterocycles. The summed E-state index contributed by atoms with van der Waals surface area (Å²) in [5.41, 5.74) is 4.42. The maximum absolute atomic E-state index is 12.3. The highest BCUT2D eigenvalue weighted by atomic mass is 32.2. The summed E-state index contributed by atoms with van der Waals surface area (Å²) < 4.78 is 7.73. The van der Waals surface area contributed by atoms with E-state index in [9.17, 15) is 4.79 Å². The zero-order valence-corrected chi connectivity index (χ0v) is 19.8. The number of carbonyl (C=O) groups excluding carboxylic acids is 1. The molecule has 3 rings (SSSR count). The van der Waals surface area contributed by atoms with Crippen molar-refractivity contribution in [3.63, 3.8) is 0 Å². The number of thioether (sulfide) groups is 1. The lowest BCUT2D eigenvalue weighted by molar-refractivity contribution is -0.113. The van der Waals surface area contributed by atoms with Gasteiger partial charge in [0, 0.05) is 12.7 Å². The van der Waals surface area contributed by atoms with Gasteiger partial charge in [-0.25, -0.2) is 0 Å². The fraction of sp³-hybridized carbons (Fsp3) is 0.375. The summed E-state index contributed by atoms with van der Waals surface area (Å²) in [5.74, 6) is 1.68. The number of nitrogens with one attached hydrogen (secondary N) is 1. The predicted molar refractivity (Wildman–Crippen MR) is 126 cm³/mol. The smallest absolute Gasteiger partial charge is 0.234 e. The number of rotatable bonds is 7. The summed E-state index contributed by atoms with van der Waals surface area (Å²) in [6.45, 7) is 10.9. The van der Waals surface area contributed by atoms with Gasteiger partial charge in [-0.15, -0.1) is 10.2 Å². The second-order valence-electron chi connectivity index (χ2n) is 8.68. The summed E-state index contributed by atoms with van der Waals surface area (Å²) in [7, 11) is 1.88. The molecule has 0 aliphatic heterocycles. The number of ether oxygens (including phenoxy) is 1. The molecule has 31 heavy (non-hydrogen) atoms. The van der Waals surface area contributed by atoms with Crippen LogP contribution < -0.4 is 10.1 Å². The van der Waals surface area contributed by atoms with E-state index in [2.05, 4.69) is 48.4 Å². The lowest BCUT2D eigenvalue weighted by Gasteiger charge is -2.19. The number of anilines is 1. The van der Waals surface area contributed by atoms with Gasteiger partial charge in [-0.1, -0.05) is 62.4 Å². The van der Waals surface area contributed by atoms with Gasteiger partial charge >= 0.3 is 0 Å². The molecule has 2 aromatic carbocycles. The van der Waals surface area contributed by atoms with Crippen molar-refractivity contribution >= 4 is 23.4 Å². The first kappa shape index (κ1) is 22.9. The van der Waals surface area contributed by atoms with Crippen molar-refractivity contribution in [1.29, 1.82) is 0 Å². The molecule has 0 fully saturated rings. The second-order valence-corrected chi connectivity index (χ2v) is 9.62. The Labute approximate surface area is 188 Å². The molecular formula is C24H30N4O2S. The number of aryl methyl sites for hydroxylation is 2. The summed E-state index contributed by atoms with van der Waals surface area (Å²) in [6, 6.07) is 14.1. The fourth-order valence-electron chi connectivity index (χ4n) is 3.07. The number of aromatic nitrogens is 3. The molecule has 7 heteroatoms. The molecule has 0 atom stereocenters. The minimum Gasteiger partial charge on any atom is -0.486 e. The standard InChI is InChI=1S/C24H30N4O2S/c1-16-7-12-20(17(2)13-16)25-22(29)15-31-23-27-26-21(28(23)6)14-30-19-10-8-18(9-11-19)24(3,4)5/h7-13H,14-15H2,1-6H3,(H,25,29). The van der Waals surface area contributed by atoms with E-state index in [0.29, 0.717) is 17.6 Å². The van der Waals surface area contributed by atoms with Crippen molar-refractivity contribution in [1.82, 2.24) is 14.8 Å². The van der Waals surface area contributed by atoms with Crippen LogP contribution in [0.2, 0.25) is 0 Å². The van der Waals surface area contributed by atoms with Crippen LogP contribution in [0.4, 0.5) is 5.69 Å². The molecule has 1 heterocycles. The minimum atomic E-state index is -0.0725. The van der Waals surface area contributed by atoms with Crippen LogP contribution in [0.5, 0.6) is 5.75 Å². The van der Waals surface area contributed by atoms with Gasteiger partial charge < -0.3 is 14.6 Å². The molecule has 0 aliphatic carbocycles. The molecule has 1 aromatic heterocycles. The Morgan fingerprint density at radius 2 is 1.81 bits per heavy atom. The van der Waals surface area contributed by atoms with Crippen molar-refractivity contribution in [2.45, 2.75) is 51.8 Å². The lowest BCUT2D eigenvalue weighted by Crippen LogP contribution is -2.15. The van der Waals surface area contributed by atoms with Gasteiger partial charge in [-0.3, -0.25) is 4.79 Å². The normalized spacial score (nSPS) is 11.4. The molecule has 0 spiro atoms. The molecule has 0 unspecified atom stereocenters. The third-order valence-corrected chi connectivity index (χ3v) is 6.02. The number of benzene rings is 2. The molecular weight excluding hydrogens is 408 g/mol. The van der Waals surface area contributed by atoms with Gasteiger partial charge in [-0.05, 0) is 48.6 Å². The highest BCUT2D eigenvalue weighted by molar-refractivity contribution is 7.99. The van der Waals surface area contributed by atoms with Gasteiger partial charge in [0.15, 0.2) is 11.0 Å². The van der Waals surface area contributed by atoms with Crippen molar-refractivity contribution in [3.8, 4) is 5.75 Å². The van der Waals surface area contributed by atoms with Gasteiger partial charge in [0.2, 0.25) is 5.91 Å². The lowest BCUT2D eigenvalue weighted by atomic mass is 9.87. The Balaban J connectivity index is 1.53. The van der Waals surface area contributed by atoms with Crippen LogP contribution in [0, 0.1) is 13.8 Å². The molecule has 6 nitrogen and oxygen atoms in total. The minimum absolute atomic E-state index is 0.0725. The van der Waals surface area contributed by atoms with E-state index in [1.165, 1.54) is 22.9 Å². The number of carbonyl (C=O) groups is 1. The molecule has 0 aliphatic rings. The highest BCUT2D eigenvalue weighted by Crippen LogP contribution is 2.25. The van der Waals surface area contributed by atoms with E-state index in [4.69, 9.17) is 4.74 Å². The van der Waals surface area contributed by atoms with Crippen molar-refractivity contribution < 1.29 is 9.53 Å². The second kappa shape index (κ2) is 9.56. The van der Waals surface area contributed by atoms with E-state index >= 15 is 0 Å². The van der Waals surface area contributed by atoms with Gasteiger partial charge in [0.05, 0.1) is 5.75 Å². The van der Waals surface area contributed by atoms with Crippen LogP contribution in [-0.2, 0) is 23.9 Å². The van der Waals surface area contributed by atoms with Gasteiger partial charge in [0.25, 0.3) is 0 Å². The van der Waals surface area contributed by atoms with E-state index in [0.717, 1.165) is 17.0 Å². The average molecular weight is 439 g/mol. The van der Waals surface area contributed by atoms with Crippen molar-refractivity contribution in [2.24, 2.45) is 7.05 Å². The van der Waals surface area contributed by atoms with Crippen LogP contribution in [0.15, 0.2) is 47.6 Å². The summed E-state index contributed by atoms with van der Waals surface area (Å²) in [5, 5.41) is 12.0. The Bertz CT molecular complexity index is 1050. The number of hydrogen-bond acceptors (Lipinski definition) is 5. The van der Waals surface area contributed by atoms with E-state index in [1.54, 1.807) is 0 Å². The maximum Gasteiger partial charge on any atom is 0.234 e. The average Bonchev–Trinajstić information content (AvgIpc) is 3.06. The largest absolute Gasteiger partial charge is 0.486 e. The Morgan fingerprint density at radius 3 is 2.45 bits per heavy atom. The third kappa shape index (κ3) is 6.10. The number of nitrogens with zero attached hydrogens (tertiary/aromatic N) is 3. The Morgan fingerprint density at radius 1 is 1.10 bits per heavy atom. The molecule has 0 bridgehead atoms. The number of amides is 1. The molecule has 0 saturated carbocycles. The first-order chi connectivity index (χ1) is 14.6. The predicted octanol–water partition coefficient (Wildman–Crippen LogP) is 5.04. The van der Waals surface area contributed by atoms with Gasteiger partial charge in [-0.2, -0.15) is 0 Å². The van der Waals surface area contributed by atoms with Crippen LogP contribution in [-0.4, -0.2) is 26.4 Å². The molecule has 1 amide bonds. The van der Waals surface area contributed by atoms with Crippen LogP contribution in [0.1, 0.15) is 43.3 Å². The Kier molecular flexibility index (Phi) is 7.05. The first-order valence-electron chi connectivity index (χ1n) is 10.2. The molecule has 1 N–H and O–H groups in total. The zero-order chi connectivity index (χ0) is 22.6. The monoisotopic (exact) mass is 438 g/mol. The SMILES string of the molecule is Cc1ccc(NC(=O)CSc2nnc(COc3ccc(C(C)(C)C)cc3)n2C)c(C)c1. The molecule has 3 aromatic rings. The summed E-state index contributed by atoms with van der Waals surface area (Å²) in [6.07, 6.45) is 0. The van der Waals surface area contributed by atoms with E-state index < -0.39 is 0 Å². The Hall–Kier alpha value is -2.80. The van der Waals surface area contributed by atoms with Gasteiger partial charge in [0.1, 0.15) is 12.4 Å². The molecule has 0 radical (unpaired) electrons. The summed E-state index contributed by atoms with van der Waals surface area (Å²) in [4.78, 5) is 12.3. The third-order valence-electron chi connectivity index (χ3n) is 5.00. The topological polar surface area (TPSA) is 69.0 Å². The highest BCUT2D eigenvalue weighted by Gasteiger charge is 2.15. The van der Waals surface area contributed by atoms with Crippen LogP contribution >= 0.6 is 11.8 Å². The zero-order valence-electron chi connectivity index (χ0n) is 19.0. The van der Waals surface area contributed by atoms with Crippen LogP contribution in [0.25, 0.3) is 0 Å².